The first-order chi connectivity index (χ1) is 13.2. The summed E-state index contributed by atoms with van der Waals surface area (Å²) in [5.74, 6) is -1.91. The zero-order valence-corrected chi connectivity index (χ0v) is 16.8. The molecular weight excluding hydrogens is 404 g/mol. The minimum Gasteiger partial charge on any atom is -0.337 e. The van der Waals surface area contributed by atoms with Crippen molar-refractivity contribution in [1.29, 1.82) is 5.26 Å². The van der Waals surface area contributed by atoms with Gasteiger partial charge in [-0.1, -0.05) is 17.8 Å². The molecule has 0 spiro atoms. The normalized spacial score (nSPS) is 16.6. The number of sulfonamides is 1. The van der Waals surface area contributed by atoms with Crippen molar-refractivity contribution in [1.82, 2.24) is 4.31 Å². The van der Waals surface area contributed by atoms with Crippen molar-refractivity contribution < 1.29 is 17.2 Å². The number of hydrogen-bond donors (Lipinski definition) is 0. The van der Waals surface area contributed by atoms with Crippen LogP contribution in [0, 0.1) is 23.0 Å². The molecule has 0 aliphatic carbocycles. The van der Waals surface area contributed by atoms with Gasteiger partial charge in [0.2, 0.25) is 10.0 Å². The summed E-state index contributed by atoms with van der Waals surface area (Å²) in [5, 5.41) is 9.01. The molecule has 1 heterocycles. The number of hydrogen-bond acceptors (Lipinski definition) is 5. The zero-order chi connectivity index (χ0) is 20.5. The molecule has 2 aromatic carbocycles. The van der Waals surface area contributed by atoms with E-state index in [1.807, 2.05) is 6.07 Å². The van der Waals surface area contributed by atoms with Crippen LogP contribution in [0.4, 0.5) is 14.5 Å². The van der Waals surface area contributed by atoms with E-state index in [-0.39, 0.29) is 6.54 Å². The molecule has 1 aliphatic rings. The van der Waals surface area contributed by atoms with E-state index in [4.69, 9.17) is 5.26 Å². The molecule has 0 saturated heterocycles. The highest BCUT2D eigenvalue weighted by Crippen LogP contribution is 2.39. The fourth-order valence-electron chi connectivity index (χ4n) is 2.81. The second-order valence-corrected chi connectivity index (χ2v) is 9.50. The summed E-state index contributed by atoms with van der Waals surface area (Å²) < 4.78 is 52.8. The molecule has 9 heteroatoms. The summed E-state index contributed by atoms with van der Waals surface area (Å²) in [7, 11) is -3.55. The summed E-state index contributed by atoms with van der Waals surface area (Å²) in [6.07, 6.45) is 2.66. The van der Waals surface area contributed by atoms with Gasteiger partial charge in [0, 0.05) is 23.3 Å². The highest BCUT2D eigenvalue weighted by Gasteiger charge is 2.35. The lowest BCUT2D eigenvalue weighted by atomic mass is 10.1. The van der Waals surface area contributed by atoms with Gasteiger partial charge in [-0.3, -0.25) is 0 Å². The van der Waals surface area contributed by atoms with E-state index in [1.165, 1.54) is 22.1 Å². The van der Waals surface area contributed by atoms with Crippen LogP contribution in [0.1, 0.15) is 18.1 Å². The van der Waals surface area contributed by atoms with Gasteiger partial charge in [0.25, 0.3) is 0 Å². The third-order valence-corrected chi connectivity index (χ3v) is 6.51. The van der Waals surface area contributed by atoms with Crippen LogP contribution in [-0.2, 0) is 16.6 Å². The van der Waals surface area contributed by atoms with Gasteiger partial charge in [0.15, 0.2) is 17.1 Å². The number of thioether (sulfide) groups is 1. The first-order valence-electron chi connectivity index (χ1n) is 8.23. The smallest absolute Gasteiger partial charge is 0.234 e. The van der Waals surface area contributed by atoms with E-state index in [2.05, 4.69) is 0 Å². The fourth-order valence-corrected chi connectivity index (χ4v) is 5.26. The second kappa shape index (κ2) is 7.81. The molecule has 0 radical (unpaired) electrons. The highest BCUT2D eigenvalue weighted by molar-refractivity contribution is 8.04. The van der Waals surface area contributed by atoms with Crippen molar-refractivity contribution in [3.63, 3.8) is 0 Å². The van der Waals surface area contributed by atoms with E-state index < -0.39 is 27.2 Å². The molecule has 5 nitrogen and oxygen atoms in total. The van der Waals surface area contributed by atoms with E-state index in [1.54, 1.807) is 42.3 Å². The standard InChI is InChI=1S/C19H17F2N3O2S2/c1-13-11-24(28(2,25)26)19(27-13)23(16-6-3-14(10-22)4-7-16)12-15-5-8-17(20)18(21)9-15/h3-9,11,19H,12H2,1-2H3. The molecule has 2 aromatic rings. The summed E-state index contributed by atoms with van der Waals surface area (Å²) in [6, 6.07) is 12.3. The number of rotatable bonds is 5. The average Bonchev–Trinajstić information content (AvgIpc) is 3.05. The minimum atomic E-state index is -3.55. The van der Waals surface area contributed by atoms with Crippen molar-refractivity contribution in [3.8, 4) is 6.07 Å². The molecule has 0 bridgehead atoms. The predicted octanol–water partition coefficient (Wildman–Crippen LogP) is 4.00. The van der Waals surface area contributed by atoms with E-state index >= 15 is 0 Å². The van der Waals surface area contributed by atoms with Crippen LogP contribution >= 0.6 is 11.8 Å². The Hall–Kier alpha value is -2.57. The monoisotopic (exact) mass is 421 g/mol. The molecule has 1 atom stereocenters. The summed E-state index contributed by atoms with van der Waals surface area (Å²) in [6.45, 7) is 1.95. The van der Waals surface area contributed by atoms with Gasteiger partial charge in [0.05, 0.1) is 17.9 Å². The summed E-state index contributed by atoms with van der Waals surface area (Å²) in [4.78, 5) is 2.58. The van der Waals surface area contributed by atoms with Crippen molar-refractivity contribution in [2.24, 2.45) is 0 Å². The molecule has 28 heavy (non-hydrogen) atoms. The minimum absolute atomic E-state index is 0.147. The molecule has 1 aliphatic heterocycles. The quantitative estimate of drug-likeness (QED) is 0.730. The van der Waals surface area contributed by atoms with Gasteiger partial charge in [0.1, 0.15) is 0 Å². The Morgan fingerprint density at radius 1 is 1.18 bits per heavy atom. The Balaban J connectivity index is 2.03. The number of anilines is 1. The Morgan fingerprint density at radius 3 is 2.43 bits per heavy atom. The largest absolute Gasteiger partial charge is 0.337 e. The van der Waals surface area contributed by atoms with Crippen LogP contribution in [0.15, 0.2) is 53.6 Å². The van der Waals surface area contributed by atoms with E-state index in [0.29, 0.717) is 16.8 Å². The maximum Gasteiger partial charge on any atom is 0.234 e. The van der Waals surface area contributed by atoms with Crippen LogP contribution in [0.5, 0.6) is 0 Å². The van der Waals surface area contributed by atoms with Gasteiger partial charge in [-0.15, -0.1) is 0 Å². The van der Waals surface area contributed by atoms with Crippen molar-refractivity contribution in [3.05, 3.63) is 76.3 Å². The van der Waals surface area contributed by atoms with Gasteiger partial charge in [-0.05, 0) is 48.9 Å². The topological polar surface area (TPSA) is 64.4 Å². The lowest BCUT2D eigenvalue weighted by Crippen LogP contribution is -2.44. The predicted molar refractivity (Wildman–Crippen MR) is 106 cm³/mol. The Labute approximate surface area is 166 Å². The molecule has 0 saturated carbocycles. The molecule has 0 amide bonds. The average molecular weight is 421 g/mol. The van der Waals surface area contributed by atoms with Gasteiger partial charge < -0.3 is 4.90 Å². The third kappa shape index (κ3) is 4.29. The molecular formula is C19H17F2N3O2S2. The van der Waals surface area contributed by atoms with Crippen LogP contribution in [0.3, 0.4) is 0 Å². The van der Waals surface area contributed by atoms with Crippen LogP contribution in [0.2, 0.25) is 0 Å². The Bertz CT molecular complexity index is 1060. The molecule has 0 N–H and O–H groups in total. The first kappa shape index (κ1) is 20.2. The number of nitriles is 1. The van der Waals surface area contributed by atoms with Crippen LogP contribution in [-0.4, -0.2) is 24.5 Å². The van der Waals surface area contributed by atoms with E-state index in [9.17, 15) is 17.2 Å². The van der Waals surface area contributed by atoms with Crippen molar-refractivity contribution in [2.45, 2.75) is 19.0 Å². The van der Waals surface area contributed by atoms with Gasteiger partial charge in [-0.2, -0.15) is 5.26 Å². The fraction of sp³-hybridized carbons (Fsp3) is 0.211. The van der Waals surface area contributed by atoms with Crippen molar-refractivity contribution in [2.75, 3.05) is 11.2 Å². The second-order valence-electron chi connectivity index (χ2n) is 6.31. The molecule has 1 unspecified atom stereocenters. The maximum atomic E-state index is 13.7. The van der Waals surface area contributed by atoms with Gasteiger partial charge >= 0.3 is 0 Å². The molecule has 3 rings (SSSR count). The SMILES string of the molecule is CC1=CN(S(C)(=O)=O)C(N(Cc2ccc(F)c(F)c2)c2ccc(C#N)cc2)S1. The molecule has 0 aromatic heterocycles. The Morgan fingerprint density at radius 2 is 1.86 bits per heavy atom. The summed E-state index contributed by atoms with van der Waals surface area (Å²) >= 11 is 1.34. The number of benzene rings is 2. The lowest BCUT2D eigenvalue weighted by molar-refractivity contribution is 0.473. The first-order valence-corrected chi connectivity index (χ1v) is 11.0. The number of allylic oxidation sites excluding steroid dienone is 1. The van der Waals surface area contributed by atoms with Crippen LogP contribution < -0.4 is 4.90 Å². The molecule has 0 fully saturated rings. The zero-order valence-electron chi connectivity index (χ0n) is 15.1. The van der Waals surface area contributed by atoms with Crippen molar-refractivity contribution >= 4 is 27.5 Å². The number of nitrogens with zero attached hydrogens (tertiary/aromatic N) is 3. The Kier molecular flexibility index (Phi) is 5.63. The maximum absolute atomic E-state index is 13.7. The lowest BCUT2D eigenvalue weighted by Gasteiger charge is -2.35. The number of halogens is 2. The summed E-state index contributed by atoms with van der Waals surface area (Å²) in [5.41, 5.74) is 0.973. The van der Waals surface area contributed by atoms with E-state index in [0.717, 1.165) is 23.3 Å². The highest BCUT2D eigenvalue weighted by atomic mass is 32.2. The third-order valence-electron chi connectivity index (χ3n) is 4.13. The van der Waals surface area contributed by atoms with Crippen LogP contribution in [0.25, 0.3) is 0 Å². The van der Waals surface area contributed by atoms with Gasteiger partial charge in [-0.25, -0.2) is 21.5 Å². The molecule has 146 valence electrons.